The predicted octanol–water partition coefficient (Wildman–Crippen LogP) is 3.45. The maximum Gasteiger partial charge on any atom is 0.443 e. The van der Waals surface area contributed by atoms with Gasteiger partial charge in [-0.15, -0.1) is 11.3 Å². The van der Waals surface area contributed by atoms with Crippen LogP contribution in [0.3, 0.4) is 0 Å². The summed E-state index contributed by atoms with van der Waals surface area (Å²) in [5, 5.41) is -0.800. The maximum atomic E-state index is 12.5. The van der Waals surface area contributed by atoms with Crippen LogP contribution in [0.5, 0.6) is 0 Å². The molecule has 1 heterocycles. The number of rotatable bonds is 4. The number of thiazole rings is 1. The van der Waals surface area contributed by atoms with E-state index in [4.69, 9.17) is 5.73 Å². The van der Waals surface area contributed by atoms with Crippen LogP contribution in [0, 0.1) is 0 Å². The van der Waals surface area contributed by atoms with Gasteiger partial charge in [-0.25, -0.2) is 4.98 Å². The summed E-state index contributed by atoms with van der Waals surface area (Å²) in [6, 6.07) is 9.55. The molecule has 1 unspecified atom stereocenters. The van der Waals surface area contributed by atoms with Crippen molar-refractivity contribution in [1.82, 2.24) is 4.98 Å². The Labute approximate surface area is 113 Å². The van der Waals surface area contributed by atoms with Gasteiger partial charge in [0.25, 0.3) is 0 Å². The predicted molar refractivity (Wildman–Crippen MR) is 69.1 cm³/mol. The Kier molecular flexibility index (Phi) is 4.21. The molecule has 19 heavy (non-hydrogen) atoms. The summed E-state index contributed by atoms with van der Waals surface area (Å²) in [5.41, 5.74) is 6.74. The Morgan fingerprint density at radius 1 is 1.21 bits per heavy atom. The molecule has 2 nitrogen and oxygen atoms in total. The maximum absolute atomic E-state index is 12.5. The van der Waals surface area contributed by atoms with Crippen molar-refractivity contribution in [3.05, 3.63) is 52.0 Å². The highest BCUT2D eigenvalue weighted by atomic mass is 32.1. The van der Waals surface area contributed by atoms with E-state index in [2.05, 4.69) is 4.98 Å². The molecule has 0 spiro atoms. The molecule has 102 valence electrons. The lowest BCUT2D eigenvalue weighted by molar-refractivity contribution is -0.137. The molecule has 0 saturated carbocycles. The number of hydrogen-bond acceptors (Lipinski definition) is 3. The molecular formula is C13H13F3N2S. The lowest BCUT2D eigenvalue weighted by Gasteiger charge is -2.13. The van der Waals surface area contributed by atoms with Crippen LogP contribution in [0.4, 0.5) is 13.2 Å². The molecule has 6 heteroatoms. The van der Waals surface area contributed by atoms with Crippen molar-refractivity contribution >= 4 is 11.3 Å². The van der Waals surface area contributed by atoms with Gasteiger partial charge in [-0.1, -0.05) is 30.3 Å². The molecule has 0 fully saturated rings. The average molecular weight is 286 g/mol. The Morgan fingerprint density at radius 3 is 2.42 bits per heavy atom. The van der Waals surface area contributed by atoms with Crippen molar-refractivity contribution in [3.8, 4) is 0 Å². The molecule has 0 amide bonds. The fourth-order valence-corrected chi connectivity index (χ4v) is 2.70. The zero-order valence-electron chi connectivity index (χ0n) is 10.0. The van der Waals surface area contributed by atoms with Gasteiger partial charge in [0.1, 0.15) is 0 Å². The summed E-state index contributed by atoms with van der Waals surface area (Å²) >= 11 is 0.687. The molecule has 1 aromatic carbocycles. The zero-order valence-corrected chi connectivity index (χ0v) is 10.8. The van der Waals surface area contributed by atoms with E-state index in [1.165, 1.54) is 6.20 Å². The third kappa shape index (κ3) is 3.54. The minimum atomic E-state index is -4.37. The third-order valence-corrected chi connectivity index (χ3v) is 3.86. The van der Waals surface area contributed by atoms with Crippen LogP contribution in [-0.4, -0.2) is 11.5 Å². The van der Waals surface area contributed by atoms with Crippen LogP contribution in [-0.2, 0) is 12.6 Å². The fraction of sp³-hybridized carbons (Fsp3) is 0.308. The van der Waals surface area contributed by atoms with Gasteiger partial charge >= 0.3 is 6.18 Å². The van der Waals surface area contributed by atoms with E-state index in [1.807, 2.05) is 30.3 Å². The summed E-state index contributed by atoms with van der Waals surface area (Å²) in [7, 11) is 0. The van der Waals surface area contributed by atoms with Crippen LogP contribution in [0.1, 0.15) is 21.4 Å². The first-order chi connectivity index (χ1) is 9.00. The second-order valence-electron chi connectivity index (χ2n) is 4.18. The molecule has 1 atom stereocenters. The van der Waals surface area contributed by atoms with Crippen LogP contribution in [0.25, 0.3) is 0 Å². The number of nitrogens with two attached hydrogens (primary N) is 1. The quantitative estimate of drug-likeness (QED) is 0.935. The highest BCUT2D eigenvalue weighted by Crippen LogP contribution is 2.33. The van der Waals surface area contributed by atoms with Crippen molar-refractivity contribution in [1.29, 1.82) is 0 Å². The monoisotopic (exact) mass is 286 g/mol. The second kappa shape index (κ2) is 5.71. The molecule has 0 aliphatic carbocycles. The topological polar surface area (TPSA) is 38.9 Å². The van der Waals surface area contributed by atoms with E-state index in [0.717, 1.165) is 5.56 Å². The lowest BCUT2D eigenvalue weighted by atomic mass is 9.95. The molecule has 1 aromatic heterocycles. The summed E-state index contributed by atoms with van der Waals surface area (Å²) in [4.78, 5) is 4.02. The summed E-state index contributed by atoms with van der Waals surface area (Å²) in [5.74, 6) is 0.0164. The average Bonchev–Trinajstić information content (AvgIpc) is 2.85. The van der Waals surface area contributed by atoms with Crippen LogP contribution >= 0.6 is 11.3 Å². The van der Waals surface area contributed by atoms with E-state index in [9.17, 15) is 13.2 Å². The molecule has 0 bridgehead atoms. The smallest absolute Gasteiger partial charge is 0.330 e. The molecule has 0 aliphatic heterocycles. The Balaban J connectivity index is 2.13. The van der Waals surface area contributed by atoms with Crippen molar-refractivity contribution < 1.29 is 13.2 Å². The van der Waals surface area contributed by atoms with Gasteiger partial charge in [0.05, 0.1) is 0 Å². The largest absolute Gasteiger partial charge is 0.443 e. The lowest BCUT2D eigenvalue weighted by Crippen LogP contribution is -2.14. The number of alkyl halides is 3. The Morgan fingerprint density at radius 2 is 1.89 bits per heavy atom. The third-order valence-electron chi connectivity index (χ3n) is 2.80. The van der Waals surface area contributed by atoms with Gasteiger partial charge in [-0.3, -0.25) is 0 Å². The molecular weight excluding hydrogens is 273 g/mol. The van der Waals surface area contributed by atoms with E-state index in [1.54, 1.807) is 0 Å². The van der Waals surface area contributed by atoms with Crippen molar-refractivity contribution in [2.45, 2.75) is 18.5 Å². The zero-order chi connectivity index (χ0) is 13.9. The van der Waals surface area contributed by atoms with Gasteiger partial charge in [0, 0.05) is 17.0 Å². The molecule has 2 rings (SSSR count). The van der Waals surface area contributed by atoms with Crippen molar-refractivity contribution in [2.75, 3.05) is 6.54 Å². The van der Waals surface area contributed by atoms with Crippen molar-refractivity contribution in [2.24, 2.45) is 5.73 Å². The van der Waals surface area contributed by atoms with E-state index in [0.29, 0.717) is 29.2 Å². The second-order valence-corrected chi connectivity index (χ2v) is 5.29. The number of nitrogens with zero attached hydrogens (tertiary/aromatic N) is 1. The molecule has 0 radical (unpaired) electrons. The Bertz CT molecular complexity index is 522. The van der Waals surface area contributed by atoms with Crippen LogP contribution in [0.15, 0.2) is 36.5 Å². The number of benzene rings is 1. The SMILES string of the molecule is NCC(Cc1cnc(C(F)(F)F)s1)c1ccccc1. The summed E-state index contributed by atoms with van der Waals surface area (Å²) < 4.78 is 37.4. The van der Waals surface area contributed by atoms with Gasteiger partial charge in [-0.2, -0.15) is 13.2 Å². The Hall–Kier alpha value is -1.40. The van der Waals surface area contributed by atoms with Gasteiger partial charge in [-0.05, 0) is 18.5 Å². The minimum Gasteiger partial charge on any atom is -0.330 e. The molecule has 0 aliphatic rings. The molecule has 2 N–H and O–H groups in total. The fourth-order valence-electron chi connectivity index (χ4n) is 1.84. The first-order valence-electron chi connectivity index (χ1n) is 5.77. The number of hydrogen-bond donors (Lipinski definition) is 1. The van der Waals surface area contributed by atoms with Crippen LogP contribution < -0.4 is 5.73 Å². The van der Waals surface area contributed by atoms with Gasteiger partial charge in [0.15, 0.2) is 5.01 Å². The highest BCUT2D eigenvalue weighted by molar-refractivity contribution is 7.11. The van der Waals surface area contributed by atoms with Gasteiger partial charge in [0.2, 0.25) is 0 Å². The van der Waals surface area contributed by atoms with Crippen molar-refractivity contribution in [3.63, 3.8) is 0 Å². The summed E-state index contributed by atoms with van der Waals surface area (Å²) in [6.45, 7) is 0.392. The van der Waals surface area contributed by atoms with Crippen LogP contribution in [0.2, 0.25) is 0 Å². The first-order valence-corrected chi connectivity index (χ1v) is 6.59. The summed E-state index contributed by atoms with van der Waals surface area (Å²) in [6.07, 6.45) is -2.60. The van der Waals surface area contributed by atoms with Gasteiger partial charge < -0.3 is 5.73 Å². The first kappa shape index (κ1) is 14.0. The number of halogens is 3. The standard InChI is InChI=1S/C13H13F3N2S/c14-13(15,16)12-18-8-11(19-12)6-10(7-17)9-4-2-1-3-5-9/h1-5,8,10H,6-7,17H2. The minimum absolute atomic E-state index is 0.0164. The molecule has 2 aromatic rings. The highest BCUT2D eigenvalue weighted by Gasteiger charge is 2.34. The van der Waals surface area contributed by atoms with E-state index < -0.39 is 11.2 Å². The normalized spacial score (nSPS) is 13.5. The number of aromatic nitrogens is 1. The molecule has 0 saturated heterocycles. The van der Waals surface area contributed by atoms with E-state index >= 15 is 0 Å². The van der Waals surface area contributed by atoms with E-state index in [-0.39, 0.29) is 5.92 Å².